The van der Waals surface area contributed by atoms with E-state index in [9.17, 15) is 18.7 Å². The van der Waals surface area contributed by atoms with Crippen LogP contribution in [0.1, 0.15) is 18.2 Å². The number of halogens is 2. The molecular weight excluding hydrogens is 254 g/mol. The normalized spacial score (nSPS) is 14.1. The van der Waals surface area contributed by atoms with Crippen molar-refractivity contribution in [3.05, 3.63) is 59.6 Å². The fourth-order valence-corrected chi connectivity index (χ4v) is 1.97. The fraction of sp³-hybridized carbons (Fsp3) is 0.214. The molecule has 0 saturated heterocycles. The van der Waals surface area contributed by atoms with E-state index in [0.29, 0.717) is 5.76 Å². The van der Waals surface area contributed by atoms with Gasteiger partial charge in [0.05, 0.1) is 11.7 Å². The van der Waals surface area contributed by atoms with Gasteiger partial charge >= 0.3 is 5.97 Å². The van der Waals surface area contributed by atoms with Crippen molar-refractivity contribution < 1.29 is 23.1 Å². The van der Waals surface area contributed by atoms with Gasteiger partial charge in [0.15, 0.2) is 0 Å². The van der Waals surface area contributed by atoms with Crippen LogP contribution in [0.25, 0.3) is 0 Å². The SMILES string of the molecule is CC(Cc1ccco1)(C(=O)O)c1cc(F)ccc1F. The van der Waals surface area contributed by atoms with Crippen molar-refractivity contribution in [1.82, 2.24) is 0 Å². The van der Waals surface area contributed by atoms with Gasteiger partial charge in [-0.1, -0.05) is 0 Å². The van der Waals surface area contributed by atoms with Crippen LogP contribution in [0.5, 0.6) is 0 Å². The molecule has 0 aliphatic carbocycles. The second-order valence-corrected chi connectivity index (χ2v) is 4.52. The highest BCUT2D eigenvalue weighted by Crippen LogP contribution is 2.31. The summed E-state index contributed by atoms with van der Waals surface area (Å²) in [6, 6.07) is 5.99. The third-order valence-electron chi connectivity index (χ3n) is 3.10. The molecule has 0 radical (unpaired) electrons. The highest BCUT2D eigenvalue weighted by atomic mass is 19.1. The van der Waals surface area contributed by atoms with Gasteiger partial charge in [-0.3, -0.25) is 4.79 Å². The van der Waals surface area contributed by atoms with E-state index in [2.05, 4.69) is 0 Å². The first-order chi connectivity index (χ1) is 8.93. The molecular formula is C14H12F2O3. The third-order valence-corrected chi connectivity index (χ3v) is 3.10. The lowest BCUT2D eigenvalue weighted by atomic mass is 9.78. The van der Waals surface area contributed by atoms with Crippen LogP contribution in [-0.2, 0) is 16.6 Å². The van der Waals surface area contributed by atoms with Crippen molar-refractivity contribution in [2.45, 2.75) is 18.8 Å². The Balaban J connectivity index is 2.49. The minimum atomic E-state index is -1.59. The van der Waals surface area contributed by atoms with Gasteiger partial charge in [-0.15, -0.1) is 0 Å². The zero-order valence-corrected chi connectivity index (χ0v) is 10.2. The number of carboxylic acid groups (broad SMARTS) is 1. The molecule has 1 aromatic carbocycles. The van der Waals surface area contributed by atoms with Crippen LogP contribution in [0.15, 0.2) is 41.0 Å². The molecule has 0 aliphatic rings. The molecule has 1 atom stereocenters. The number of carbonyl (C=O) groups is 1. The van der Waals surface area contributed by atoms with Gasteiger partial charge in [0.1, 0.15) is 17.4 Å². The van der Waals surface area contributed by atoms with E-state index in [1.807, 2.05) is 0 Å². The lowest BCUT2D eigenvalue weighted by Gasteiger charge is -2.24. The number of hydrogen-bond donors (Lipinski definition) is 1. The van der Waals surface area contributed by atoms with Crippen molar-refractivity contribution >= 4 is 5.97 Å². The average molecular weight is 266 g/mol. The molecule has 5 heteroatoms. The summed E-state index contributed by atoms with van der Waals surface area (Å²) < 4.78 is 32.1. The summed E-state index contributed by atoms with van der Waals surface area (Å²) in [5, 5.41) is 9.37. The molecule has 0 spiro atoms. The first-order valence-electron chi connectivity index (χ1n) is 5.65. The summed E-state index contributed by atoms with van der Waals surface area (Å²) in [6.07, 6.45) is 1.34. The fourth-order valence-electron chi connectivity index (χ4n) is 1.97. The zero-order chi connectivity index (χ0) is 14.0. The van der Waals surface area contributed by atoms with Crippen LogP contribution in [0.4, 0.5) is 8.78 Å². The van der Waals surface area contributed by atoms with Crippen molar-refractivity contribution in [3.63, 3.8) is 0 Å². The topological polar surface area (TPSA) is 50.4 Å². The third kappa shape index (κ3) is 2.50. The summed E-state index contributed by atoms with van der Waals surface area (Å²) in [7, 11) is 0. The summed E-state index contributed by atoms with van der Waals surface area (Å²) in [6.45, 7) is 1.34. The minimum Gasteiger partial charge on any atom is -0.481 e. The summed E-state index contributed by atoms with van der Waals surface area (Å²) >= 11 is 0. The van der Waals surface area contributed by atoms with Gasteiger partial charge in [-0.2, -0.15) is 0 Å². The van der Waals surface area contributed by atoms with Crippen molar-refractivity contribution in [2.75, 3.05) is 0 Å². The number of aliphatic carboxylic acids is 1. The molecule has 1 N–H and O–H groups in total. The Bertz CT molecular complexity index is 593. The van der Waals surface area contributed by atoms with Crippen molar-refractivity contribution in [1.29, 1.82) is 0 Å². The number of furan rings is 1. The van der Waals surface area contributed by atoms with E-state index < -0.39 is 23.0 Å². The highest BCUT2D eigenvalue weighted by Gasteiger charge is 2.39. The molecule has 0 fully saturated rings. The maximum Gasteiger partial charge on any atom is 0.314 e. The van der Waals surface area contributed by atoms with Crippen molar-refractivity contribution in [2.24, 2.45) is 0 Å². The number of rotatable bonds is 4. The van der Waals surface area contributed by atoms with Crippen LogP contribution in [0.2, 0.25) is 0 Å². The van der Waals surface area contributed by atoms with Gasteiger partial charge in [-0.05, 0) is 37.3 Å². The zero-order valence-electron chi connectivity index (χ0n) is 10.2. The van der Waals surface area contributed by atoms with Gasteiger partial charge in [0.25, 0.3) is 0 Å². The maximum absolute atomic E-state index is 13.8. The molecule has 1 heterocycles. The largest absolute Gasteiger partial charge is 0.481 e. The molecule has 1 unspecified atom stereocenters. The predicted octanol–water partition coefficient (Wildman–Crippen LogP) is 3.14. The first-order valence-corrected chi connectivity index (χ1v) is 5.65. The Labute approximate surface area is 108 Å². The van der Waals surface area contributed by atoms with Crippen LogP contribution in [0, 0.1) is 11.6 Å². The Morgan fingerprint density at radius 2 is 2.11 bits per heavy atom. The highest BCUT2D eigenvalue weighted by molar-refractivity contribution is 5.81. The van der Waals surface area contributed by atoms with E-state index in [-0.39, 0.29) is 12.0 Å². The second kappa shape index (κ2) is 4.84. The molecule has 2 rings (SSSR count). The van der Waals surface area contributed by atoms with Gasteiger partial charge in [0.2, 0.25) is 0 Å². The Kier molecular flexibility index (Phi) is 3.38. The predicted molar refractivity (Wildman–Crippen MR) is 63.8 cm³/mol. The Morgan fingerprint density at radius 3 is 2.68 bits per heavy atom. The molecule has 2 aromatic rings. The number of hydrogen-bond acceptors (Lipinski definition) is 2. The molecule has 0 amide bonds. The maximum atomic E-state index is 13.8. The van der Waals surface area contributed by atoms with Gasteiger partial charge in [-0.25, -0.2) is 8.78 Å². The lowest BCUT2D eigenvalue weighted by Crippen LogP contribution is -2.35. The molecule has 0 bridgehead atoms. The van der Waals surface area contributed by atoms with E-state index >= 15 is 0 Å². The minimum absolute atomic E-state index is 0.0598. The molecule has 100 valence electrons. The first kappa shape index (κ1) is 13.3. The van der Waals surface area contributed by atoms with E-state index in [1.54, 1.807) is 12.1 Å². The standard InChI is InChI=1S/C14H12F2O3/c1-14(13(17)18,8-10-3-2-6-19-10)11-7-9(15)4-5-12(11)16/h2-7H,8H2,1H3,(H,17,18). The van der Waals surface area contributed by atoms with E-state index in [0.717, 1.165) is 18.2 Å². The van der Waals surface area contributed by atoms with E-state index in [4.69, 9.17) is 4.42 Å². The average Bonchev–Trinajstić information content (AvgIpc) is 2.84. The lowest BCUT2D eigenvalue weighted by molar-refractivity contribution is -0.143. The monoisotopic (exact) mass is 266 g/mol. The quantitative estimate of drug-likeness (QED) is 0.924. The van der Waals surface area contributed by atoms with Crippen molar-refractivity contribution in [3.8, 4) is 0 Å². The summed E-state index contributed by atoms with van der Waals surface area (Å²) in [5.74, 6) is -2.27. The molecule has 1 aromatic heterocycles. The van der Waals surface area contributed by atoms with Crippen LogP contribution < -0.4 is 0 Å². The Morgan fingerprint density at radius 1 is 1.37 bits per heavy atom. The van der Waals surface area contributed by atoms with Gasteiger partial charge < -0.3 is 9.52 Å². The second-order valence-electron chi connectivity index (χ2n) is 4.52. The van der Waals surface area contributed by atoms with Gasteiger partial charge in [0, 0.05) is 12.0 Å². The van der Waals surface area contributed by atoms with Crippen LogP contribution in [-0.4, -0.2) is 11.1 Å². The number of benzene rings is 1. The summed E-state index contributed by atoms with van der Waals surface area (Å²) in [4.78, 5) is 11.5. The Hall–Kier alpha value is -2.17. The smallest absolute Gasteiger partial charge is 0.314 e. The van der Waals surface area contributed by atoms with Crippen LogP contribution in [0.3, 0.4) is 0 Å². The molecule has 3 nitrogen and oxygen atoms in total. The molecule has 0 saturated carbocycles. The summed E-state index contributed by atoms with van der Waals surface area (Å²) in [5.41, 5.74) is -1.79. The number of carboxylic acids is 1. The molecule has 0 aliphatic heterocycles. The van der Waals surface area contributed by atoms with E-state index in [1.165, 1.54) is 13.2 Å². The molecule has 19 heavy (non-hydrogen) atoms. The van der Waals surface area contributed by atoms with Crippen LogP contribution >= 0.6 is 0 Å².